The van der Waals surface area contributed by atoms with E-state index in [1.165, 1.54) is 16.0 Å². The minimum atomic E-state index is -0.282. The first kappa shape index (κ1) is 18.4. The average Bonchev–Trinajstić information content (AvgIpc) is 3.14. The zero-order chi connectivity index (χ0) is 18.1. The summed E-state index contributed by atoms with van der Waals surface area (Å²) in [5.74, 6) is 0.287. The van der Waals surface area contributed by atoms with E-state index >= 15 is 0 Å². The van der Waals surface area contributed by atoms with Gasteiger partial charge in [0.2, 0.25) is 0 Å². The van der Waals surface area contributed by atoms with E-state index in [-0.39, 0.29) is 24.2 Å². The fourth-order valence-corrected chi connectivity index (χ4v) is 3.95. The van der Waals surface area contributed by atoms with Crippen LogP contribution in [0.4, 0.5) is 0 Å². The second-order valence-corrected chi connectivity index (χ2v) is 8.74. The van der Waals surface area contributed by atoms with E-state index in [0.29, 0.717) is 0 Å². The number of thiophene rings is 1. The van der Waals surface area contributed by atoms with Crippen LogP contribution in [-0.2, 0) is 9.31 Å². The van der Waals surface area contributed by atoms with E-state index in [4.69, 9.17) is 9.31 Å². The Bertz CT molecular complexity index is 704. The lowest BCUT2D eigenvalue weighted by Gasteiger charge is -2.32. The Morgan fingerprint density at radius 3 is 2.24 bits per heavy atom. The van der Waals surface area contributed by atoms with Gasteiger partial charge in [0, 0.05) is 10.8 Å². The predicted molar refractivity (Wildman–Crippen MR) is 108 cm³/mol. The van der Waals surface area contributed by atoms with Crippen molar-refractivity contribution >= 4 is 24.0 Å². The van der Waals surface area contributed by atoms with Gasteiger partial charge >= 0.3 is 7.12 Å². The zero-order valence-electron chi connectivity index (χ0n) is 15.8. The van der Waals surface area contributed by atoms with Crippen molar-refractivity contribution in [3.05, 3.63) is 64.4 Å². The molecule has 0 spiro atoms. The summed E-state index contributed by atoms with van der Waals surface area (Å²) in [4.78, 5) is 1.35. The lowest BCUT2D eigenvalue weighted by atomic mass is 9.76. The van der Waals surface area contributed by atoms with E-state index in [1.807, 2.05) is 0 Å². The van der Waals surface area contributed by atoms with Crippen LogP contribution in [0, 0.1) is 0 Å². The third-order valence-electron chi connectivity index (χ3n) is 5.34. The average molecular weight is 354 g/mol. The lowest BCUT2D eigenvalue weighted by Crippen LogP contribution is -2.41. The molecule has 25 heavy (non-hydrogen) atoms. The molecule has 1 unspecified atom stereocenters. The van der Waals surface area contributed by atoms with Gasteiger partial charge in [-0.1, -0.05) is 42.5 Å². The fraction of sp³-hybridized carbons (Fsp3) is 0.429. The maximum atomic E-state index is 6.23. The smallest absolute Gasteiger partial charge is 0.403 e. The molecule has 1 aromatic heterocycles. The summed E-state index contributed by atoms with van der Waals surface area (Å²) in [6.45, 7) is 10.6. The molecule has 0 amide bonds. The maximum absolute atomic E-state index is 6.23. The van der Waals surface area contributed by atoms with E-state index in [1.54, 1.807) is 11.3 Å². The highest BCUT2D eigenvalue weighted by molar-refractivity contribution is 7.10. The molecule has 1 atom stereocenters. The lowest BCUT2D eigenvalue weighted by molar-refractivity contribution is 0.00578. The monoisotopic (exact) mass is 354 g/mol. The van der Waals surface area contributed by atoms with Crippen molar-refractivity contribution in [1.29, 1.82) is 0 Å². The van der Waals surface area contributed by atoms with Crippen molar-refractivity contribution in [3.8, 4) is 0 Å². The highest BCUT2D eigenvalue weighted by Gasteiger charge is 2.51. The van der Waals surface area contributed by atoms with Crippen LogP contribution in [0.15, 0.2) is 53.9 Å². The molecule has 3 rings (SSSR count). The SMILES string of the molecule is C/C(=C\C(CB1OC(C)(C)C(C)(C)O1)c1cccs1)c1ccccc1. The molecule has 2 aromatic rings. The molecule has 0 saturated carbocycles. The van der Waals surface area contributed by atoms with Crippen LogP contribution >= 0.6 is 11.3 Å². The van der Waals surface area contributed by atoms with Gasteiger partial charge in [-0.25, -0.2) is 0 Å². The molecule has 2 nitrogen and oxygen atoms in total. The van der Waals surface area contributed by atoms with Crippen molar-refractivity contribution in [3.63, 3.8) is 0 Å². The third-order valence-corrected chi connectivity index (χ3v) is 6.34. The second-order valence-electron chi connectivity index (χ2n) is 7.76. The third kappa shape index (κ3) is 4.08. The van der Waals surface area contributed by atoms with Gasteiger partial charge in [0.15, 0.2) is 0 Å². The minimum absolute atomic E-state index is 0.183. The summed E-state index contributed by atoms with van der Waals surface area (Å²) in [7, 11) is -0.183. The van der Waals surface area contributed by atoms with Gasteiger partial charge in [0.05, 0.1) is 11.2 Å². The first-order valence-electron chi connectivity index (χ1n) is 8.91. The Morgan fingerprint density at radius 2 is 1.68 bits per heavy atom. The van der Waals surface area contributed by atoms with Gasteiger partial charge in [-0.3, -0.25) is 0 Å². The van der Waals surface area contributed by atoms with Crippen LogP contribution in [0.25, 0.3) is 5.57 Å². The van der Waals surface area contributed by atoms with Crippen LogP contribution in [0.3, 0.4) is 0 Å². The number of hydrogen-bond acceptors (Lipinski definition) is 3. The molecular weight excluding hydrogens is 327 g/mol. The number of rotatable bonds is 5. The Balaban J connectivity index is 1.83. The van der Waals surface area contributed by atoms with E-state index in [2.05, 4.69) is 88.5 Å². The molecule has 1 aromatic carbocycles. The van der Waals surface area contributed by atoms with Gasteiger partial charge in [0.25, 0.3) is 0 Å². The summed E-state index contributed by atoms with van der Waals surface area (Å²) in [6, 6.07) is 14.9. The molecule has 1 aliphatic rings. The predicted octanol–water partition coefficient (Wildman–Crippen LogP) is 6.03. The normalized spacial score (nSPS) is 20.7. The molecule has 1 saturated heterocycles. The summed E-state index contributed by atoms with van der Waals surface area (Å²) >= 11 is 1.80. The molecule has 2 heterocycles. The van der Waals surface area contributed by atoms with Gasteiger partial charge in [-0.2, -0.15) is 0 Å². The largest absolute Gasteiger partial charge is 0.458 e. The van der Waals surface area contributed by atoms with E-state index in [0.717, 1.165) is 6.32 Å². The molecule has 1 aliphatic heterocycles. The van der Waals surface area contributed by atoms with Crippen molar-refractivity contribution in [2.24, 2.45) is 0 Å². The number of hydrogen-bond donors (Lipinski definition) is 0. The van der Waals surface area contributed by atoms with Crippen LogP contribution in [0.1, 0.15) is 51.0 Å². The molecule has 0 aliphatic carbocycles. The first-order chi connectivity index (χ1) is 11.8. The quantitative estimate of drug-likeness (QED) is 0.611. The zero-order valence-corrected chi connectivity index (χ0v) is 16.6. The maximum Gasteiger partial charge on any atom is 0.458 e. The first-order valence-corrected chi connectivity index (χ1v) is 9.79. The van der Waals surface area contributed by atoms with Crippen molar-refractivity contribution < 1.29 is 9.31 Å². The standard InChI is InChI=1S/C21H27BO2S/c1-16(17-10-7-6-8-11-17)14-18(19-12-9-13-25-19)15-22-23-20(2,3)21(4,5)24-22/h6-14,18H,15H2,1-5H3/b16-14+. The van der Waals surface area contributed by atoms with Crippen molar-refractivity contribution in [2.45, 2.75) is 58.1 Å². The summed E-state index contributed by atoms with van der Waals surface area (Å²) in [5.41, 5.74) is 1.99. The topological polar surface area (TPSA) is 18.5 Å². The Kier molecular flexibility index (Phi) is 5.24. The molecule has 0 radical (unpaired) electrons. The molecular formula is C21H27BO2S. The molecule has 0 N–H and O–H groups in total. The molecule has 4 heteroatoms. The highest BCUT2D eigenvalue weighted by atomic mass is 32.1. The highest BCUT2D eigenvalue weighted by Crippen LogP contribution is 2.41. The summed E-state index contributed by atoms with van der Waals surface area (Å²) in [5, 5.41) is 2.14. The van der Waals surface area contributed by atoms with E-state index < -0.39 is 0 Å². The Morgan fingerprint density at radius 1 is 1.04 bits per heavy atom. The van der Waals surface area contributed by atoms with Gasteiger partial charge in [0.1, 0.15) is 0 Å². The number of benzene rings is 1. The van der Waals surface area contributed by atoms with Gasteiger partial charge in [-0.15, -0.1) is 11.3 Å². The molecule has 132 valence electrons. The number of allylic oxidation sites excluding steroid dienone is 2. The van der Waals surface area contributed by atoms with Crippen LogP contribution in [0.2, 0.25) is 6.32 Å². The van der Waals surface area contributed by atoms with Crippen LogP contribution in [-0.4, -0.2) is 18.3 Å². The van der Waals surface area contributed by atoms with E-state index in [9.17, 15) is 0 Å². The summed E-state index contributed by atoms with van der Waals surface area (Å²) in [6.07, 6.45) is 3.18. The van der Waals surface area contributed by atoms with Gasteiger partial charge in [-0.05, 0) is 63.5 Å². The van der Waals surface area contributed by atoms with Crippen molar-refractivity contribution in [2.75, 3.05) is 0 Å². The Hall–Kier alpha value is -1.36. The molecule has 1 fully saturated rings. The van der Waals surface area contributed by atoms with Crippen molar-refractivity contribution in [1.82, 2.24) is 0 Å². The van der Waals surface area contributed by atoms with Crippen LogP contribution in [0.5, 0.6) is 0 Å². The minimum Gasteiger partial charge on any atom is -0.403 e. The Labute approximate surface area is 156 Å². The second kappa shape index (κ2) is 7.10. The van der Waals surface area contributed by atoms with Crippen LogP contribution < -0.4 is 0 Å². The van der Waals surface area contributed by atoms with Gasteiger partial charge < -0.3 is 9.31 Å². The molecule has 0 bridgehead atoms. The fourth-order valence-electron chi connectivity index (χ4n) is 3.14. The summed E-state index contributed by atoms with van der Waals surface area (Å²) < 4.78 is 12.5.